The number of carboxylic acids is 1. The molecule has 0 heterocycles. The minimum atomic E-state index is -0.931. The molecule has 2 aromatic rings. The third-order valence-corrected chi connectivity index (χ3v) is 7.13. The monoisotopic (exact) mass is 478 g/mol. The molecule has 0 radical (unpaired) electrons. The van der Waals surface area contributed by atoms with Crippen molar-refractivity contribution in [3.05, 3.63) is 59.7 Å². The Morgan fingerprint density at radius 3 is 2.20 bits per heavy atom. The maximum atomic E-state index is 13.3. The Bertz CT molecular complexity index is 1040. The van der Waals surface area contributed by atoms with Crippen LogP contribution in [0.15, 0.2) is 48.5 Å². The zero-order valence-electron chi connectivity index (χ0n) is 20.4. The highest BCUT2D eigenvalue weighted by atomic mass is 16.5. The first-order valence-corrected chi connectivity index (χ1v) is 12.5. The number of amides is 2. The molecule has 1 fully saturated rings. The van der Waals surface area contributed by atoms with Crippen molar-refractivity contribution in [1.82, 2.24) is 10.2 Å². The first kappa shape index (κ1) is 24.8. The summed E-state index contributed by atoms with van der Waals surface area (Å²) in [6.07, 6.45) is 2.23. The minimum Gasteiger partial charge on any atom is -0.481 e. The number of benzene rings is 2. The van der Waals surface area contributed by atoms with E-state index >= 15 is 0 Å². The van der Waals surface area contributed by atoms with E-state index in [-0.39, 0.29) is 37.3 Å². The largest absolute Gasteiger partial charge is 0.481 e. The number of hydrogen-bond acceptors (Lipinski definition) is 4. The first-order valence-electron chi connectivity index (χ1n) is 12.5. The molecule has 0 aliphatic heterocycles. The van der Waals surface area contributed by atoms with E-state index in [1.54, 1.807) is 11.8 Å². The molecule has 0 saturated heterocycles. The Morgan fingerprint density at radius 2 is 1.66 bits per heavy atom. The molecule has 1 saturated carbocycles. The lowest BCUT2D eigenvalue weighted by atomic mass is 9.98. The predicted molar refractivity (Wildman–Crippen MR) is 133 cm³/mol. The van der Waals surface area contributed by atoms with Crippen molar-refractivity contribution < 1.29 is 24.2 Å². The molecular formula is C28H34N2O5. The minimum absolute atomic E-state index is 0.0236. The molecule has 0 aromatic heterocycles. The van der Waals surface area contributed by atoms with Gasteiger partial charge in [0.25, 0.3) is 0 Å². The lowest BCUT2D eigenvalue weighted by Gasteiger charge is -2.31. The smallest absolute Gasteiger partial charge is 0.407 e. The van der Waals surface area contributed by atoms with E-state index in [4.69, 9.17) is 9.84 Å². The Hall–Kier alpha value is -3.35. The van der Waals surface area contributed by atoms with Gasteiger partial charge in [0.2, 0.25) is 5.91 Å². The lowest BCUT2D eigenvalue weighted by molar-refractivity contribution is -0.142. The topological polar surface area (TPSA) is 95.9 Å². The summed E-state index contributed by atoms with van der Waals surface area (Å²) >= 11 is 0. The van der Waals surface area contributed by atoms with Crippen LogP contribution in [0.4, 0.5) is 4.79 Å². The summed E-state index contributed by atoms with van der Waals surface area (Å²) in [4.78, 5) is 38.7. The summed E-state index contributed by atoms with van der Waals surface area (Å²) in [5, 5.41) is 11.9. The summed E-state index contributed by atoms with van der Waals surface area (Å²) in [5.74, 6) is -0.961. The van der Waals surface area contributed by atoms with Crippen LogP contribution in [0.1, 0.15) is 56.6 Å². The van der Waals surface area contributed by atoms with Crippen molar-refractivity contribution in [2.45, 2.75) is 51.5 Å². The number of carboxylic acid groups (broad SMARTS) is 1. The van der Waals surface area contributed by atoms with Crippen LogP contribution in [0.25, 0.3) is 11.1 Å². The summed E-state index contributed by atoms with van der Waals surface area (Å²) in [5.41, 5.74) is 4.63. The summed E-state index contributed by atoms with van der Waals surface area (Å²) in [6.45, 7) is 4.44. The van der Waals surface area contributed by atoms with Gasteiger partial charge in [-0.1, -0.05) is 61.4 Å². The molecule has 2 aliphatic carbocycles. The standard InChI is InChI=1S/C28H34N2O5/c1-3-30(18(2)14-26(31)32)27(33)20(15-19-12-13-19)16-29-28(34)35-17-25-23-10-6-4-8-21(23)22-9-5-7-11-24(22)25/h4-11,18-20,25H,3,12-17H2,1-2H3,(H,29,34)(H,31,32). The third kappa shape index (κ3) is 5.84. The summed E-state index contributed by atoms with van der Waals surface area (Å²) in [6, 6.07) is 15.9. The fourth-order valence-corrected chi connectivity index (χ4v) is 5.17. The van der Waals surface area contributed by atoms with Gasteiger partial charge in [0.15, 0.2) is 0 Å². The van der Waals surface area contributed by atoms with Crippen molar-refractivity contribution in [3.63, 3.8) is 0 Å². The SMILES string of the molecule is CCN(C(=O)C(CNC(=O)OCC1c2ccccc2-c2ccccc21)CC1CC1)C(C)CC(=O)O. The van der Waals surface area contributed by atoms with Crippen LogP contribution in [0.2, 0.25) is 0 Å². The highest BCUT2D eigenvalue weighted by Gasteiger charge is 2.34. The van der Waals surface area contributed by atoms with Gasteiger partial charge in [0.1, 0.15) is 6.61 Å². The molecule has 2 amide bonds. The van der Waals surface area contributed by atoms with Crippen LogP contribution in [-0.2, 0) is 14.3 Å². The zero-order chi connectivity index (χ0) is 24.9. The molecular weight excluding hydrogens is 444 g/mol. The van der Waals surface area contributed by atoms with Gasteiger partial charge in [0, 0.05) is 25.0 Å². The fraction of sp³-hybridized carbons (Fsp3) is 0.464. The van der Waals surface area contributed by atoms with Crippen LogP contribution >= 0.6 is 0 Å². The molecule has 186 valence electrons. The van der Waals surface area contributed by atoms with Gasteiger partial charge in [-0.15, -0.1) is 0 Å². The molecule has 7 nitrogen and oxygen atoms in total. The lowest BCUT2D eigenvalue weighted by Crippen LogP contribution is -2.46. The molecule has 2 aliphatic rings. The quantitative estimate of drug-likeness (QED) is 0.490. The second-order valence-corrected chi connectivity index (χ2v) is 9.65. The van der Waals surface area contributed by atoms with Crippen molar-refractivity contribution in [3.8, 4) is 11.1 Å². The normalized spacial score (nSPS) is 16.1. The Morgan fingerprint density at radius 1 is 1.06 bits per heavy atom. The number of rotatable bonds is 11. The van der Waals surface area contributed by atoms with Gasteiger partial charge in [-0.25, -0.2) is 4.79 Å². The molecule has 0 bridgehead atoms. The van der Waals surface area contributed by atoms with Crippen molar-refractivity contribution in [2.75, 3.05) is 19.7 Å². The average molecular weight is 479 g/mol. The van der Waals surface area contributed by atoms with Gasteiger partial charge in [0.05, 0.1) is 12.3 Å². The second-order valence-electron chi connectivity index (χ2n) is 9.65. The third-order valence-electron chi connectivity index (χ3n) is 7.13. The van der Waals surface area contributed by atoms with Crippen molar-refractivity contribution >= 4 is 18.0 Å². The van der Waals surface area contributed by atoms with Crippen LogP contribution in [-0.4, -0.2) is 53.7 Å². The Labute approximate surface area is 206 Å². The molecule has 2 unspecified atom stereocenters. The number of fused-ring (bicyclic) bond motifs is 3. The maximum absolute atomic E-state index is 13.3. The van der Waals surface area contributed by atoms with Crippen molar-refractivity contribution in [2.24, 2.45) is 11.8 Å². The second kappa shape index (κ2) is 10.9. The number of ether oxygens (including phenoxy) is 1. The van der Waals surface area contributed by atoms with Gasteiger partial charge >= 0.3 is 12.1 Å². The molecule has 35 heavy (non-hydrogen) atoms. The number of alkyl carbamates (subject to hydrolysis) is 1. The van der Waals surface area contributed by atoms with Gasteiger partial charge in [-0.2, -0.15) is 0 Å². The van der Waals surface area contributed by atoms with Crippen molar-refractivity contribution in [1.29, 1.82) is 0 Å². The van der Waals surface area contributed by atoms with Gasteiger partial charge < -0.3 is 20.1 Å². The fourth-order valence-electron chi connectivity index (χ4n) is 5.17. The van der Waals surface area contributed by atoms with Crippen LogP contribution in [0, 0.1) is 11.8 Å². The maximum Gasteiger partial charge on any atom is 0.407 e. The van der Waals surface area contributed by atoms with Crippen LogP contribution in [0.5, 0.6) is 0 Å². The van der Waals surface area contributed by atoms with E-state index < -0.39 is 18.1 Å². The number of nitrogens with zero attached hydrogens (tertiary/aromatic N) is 1. The molecule has 0 spiro atoms. The number of carbonyl (C=O) groups excluding carboxylic acids is 2. The van der Waals surface area contributed by atoms with E-state index in [0.717, 1.165) is 24.0 Å². The highest BCUT2D eigenvalue weighted by molar-refractivity contribution is 5.81. The summed E-state index contributed by atoms with van der Waals surface area (Å²) < 4.78 is 5.62. The zero-order valence-corrected chi connectivity index (χ0v) is 20.4. The molecule has 2 atom stereocenters. The van der Waals surface area contributed by atoms with Crippen LogP contribution in [0.3, 0.4) is 0 Å². The predicted octanol–water partition coefficient (Wildman–Crippen LogP) is 4.65. The average Bonchev–Trinajstić information content (AvgIpc) is 3.61. The van der Waals surface area contributed by atoms with Crippen LogP contribution < -0.4 is 5.32 Å². The van der Waals surface area contributed by atoms with E-state index in [9.17, 15) is 14.4 Å². The Balaban J connectivity index is 1.36. The van der Waals surface area contributed by atoms with E-state index in [1.165, 1.54) is 11.1 Å². The van der Waals surface area contributed by atoms with E-state index in [1.807, 2.05) is 31.2 Å². The highest BCUT2D eigenvalue weighted by Crippen LogP contribution is 2.44. The number of nitrogens with one attached hydrogen (secondary N) is 1. The molecule has 7 heteroatoms. The number of hydrogen-bond donors (Lipinski definition) is 2. The van der Waals surface area contributed by atoms with E-state index in [2.05, 4.69) is 29.6 Å². The number of carbonyl (C=O) groups is 3. The molecule has 2 aromatic carbocycles. The Kier molecular flexibility index (Phi) is 7.73. The molecule has 4 rings (SSSR count). The van der Waals surface area contributed by atoms with Gasteiger partial charge in [-0.05, 0) is 48.4 Å². The summed E-state index contributed by atoms with van der Waals surface area (Å²) in [7, 11) is 0. The molecule has 2 N–H and O–H groups in total. The first-order chi connectivity index (χ1) is 16.9. The number of aliphatic carboxylic acids is 1. The van der Waals surface area contributed by atoms with Gasteiger partial charge in [-0.3, -0.25) is 9.59 Å². The van der Waals surface area contributed by atoms with E-state index in [0.29, 0.717) is 18.9 Å².